The van der Waals surface area contributed by atoms with Crippen molar-refractivity contribution >= 4 is 23.2 Å². The summed E-state index contributed by atoms with van der Waals surface area (Å²) in [5.74, 6) is -0.440. The molecule has 122 valence electrons. The Labute approximate surface area is 146 Å². The third kappa shape index (κ3) is 4.61. The van der Waals surface area contributed by atoms with Gasteiger partial charge in [0, 0.05) is 23.5 Å². The molecule has 2 rings (SSSR count). The summed E-state index contributed by atoms with van der Waals surface area (Å²) >= 11 is 5.92. The van der Waals surface area contributed by atoms with Crippen LogP contribution in [0.4, 0.5) is 5.69 Å². The maximum Gasteiger partial charge on any atom is 0.267 e. The number of rotatable bonds is 5. The first kappa shape index (κ1) is 17.6. The monoisotopic (exact) mass is 339 g/mol. The number of carbonyl (C=O) groups is 1. The maximum atomic E-state index is 12.2. The molecule has 0 saturated carbocycles. The Morgan fingerprint density at radius 3 is 2.71 bits per heavy atom. The van der Waals surface area contributed by atoms with Crippen molar-refractivity contribution in [3.63, 3.8) is 0 Å². The quantitative estimate of drug-likeness (QED) is 0.637. The van der Waals surface area contributed by atoms with Crippen LogP contribution in [0.1, 0.15) is 16.7 Å². The molecule has 0 bridgehead atoms. The van der Waals surface area contributed by atoms with E-state index in [0.717, 1.165) is 16.7 Å². The van der Waals surface area contributed by atoms with Gasteiger partial charge in [0.25, 0.3) is 5.91 Å². The van der Waals surface area contributed by atoms with Crippen molar-refractivity contribution in [1.29, 1.82) is 5.26 Å². The lowest BCUT2D eigenvalue weighted by Crippen LogP contribution is -2.17. The molecule has 2 N–H and O–H groups in total. The molecule has 0 aliphatic rings. The number of amides is 1. The van der Waals surface area contributed by atoms with Gasteiger partial charge in [-0.1, -0.05) is 35.9 Å². The molecule has 2 aromatic carbocycles. The molecular weight excluding hydrogens is 322 g/mol. The van der Waals surface area contributed by atoms with Crippen LogP contribution in [-0.2, 0) is 11.3 Å². The van der Waals surface area contributed by atoms with E-state index in [0.29, 0.717) is 17.3 Å². The van der Waals surface area contributed by atoms with Crippen LogP contribution in [0.2, 0.25) is 5.02 Å². The zero-order valence-electron chi connectivity index (χ0n) is 13.6. The van der Waals surface area contributed by atoms with E-state index in [2.05, 4.69) is 10.6 Å². The van der Waals surface area contributed by atoms with Gasteiger partial charge in [-0.15, -0.1) is 0 Å². The molecular formula is C19H18ClN3O. The Balaban J connectivity index is 2.03. The van der Waals surface area contributed by atoms with Crippen LogP contribution in [0.15, 0.2) is 54.2 Å². The van der Waals surface area contributed by atoms with Gasteiger partial charge in [0.2, 0.25) is 0 Å². The zero-order chi connectivity index (χ0) is 17.5. The van der Waals surface area contributed by atoms with Gasteiger partial charge in [0.05, 0.1) is 0 Å². The van der Waals surface area contributed by atoms with Crippen molar-refractivity contribution in [2.24, 2.45) is 0 Å². The SMILES string of the molecule is Cc1cccc(NC(=O)/C(C#N)=C\NCc2cccc(Cl)c2)c1C. The fraction of sp³-hybridized carbons (Fsp3) is 0.158. The van der Waals surface area contributed by atoms with E-state index >= 15 is 0 Å². The average Bonchev–Trinajstić information content (AvgIpc) is 2.56. The number of anilines is 1. The molecule has 5 heteroatoms. The first-order valence-electron chi connectivity index (χ1n) is 7.47. The first-order chi connectivity index (χ1) is 11.5. The molecule has 2 aromatic rings. The lowest BCUT2D eigenvalue weighted by molar-refractivity contribution is -0.112. The molecule has 0 saturated heterocycles. The Morgan fingerprint density at radius 1 is 1.25 bits per heavy atom. The van der Waals surface area contributed by atoms with E-state index < -0.39 is 5.91 Å². The van der Waals surface area contributed by atoms with Gasteiger partial charge in [-0.05, 0) is 48.7 Å². The maximum absolute atomic E-state index is 12.2. The molecule has 0 atom stereocenters. The highest BCUT2D eigenvalue weighted by Crippen LogP contribution is 2.18. The number of nitrogens with one attached hydrogen (secondary N) is 2. The number of nitriles is 1. The number of halogens is 1. The Kier molecular flexibility index (Phi) is 6.00. The number of carbonyl (C=O) groups excluding carboxylic acids is 1. The van der Waals surface area contributed by atoms with E-state index in [1.165, 1.54) is 6.20 Å². The summed E-state index contributed by atoms with van der Waals surface area (Å²) in [6, 6.07) is 14.9. The highest BCUT2D eigenvalue weighted by Gasteiger charge is 2.11. The smallest absolute Gasteiger partial charge is 0.267 e. The second-order valence-corrected chi connectivity index (χ2v) is 5.82. The minimum absolute atomic E-state index is 0.0120. The van der Waals surface area contributed by atoms with Crippen molar-refractivity contribution in [3.05, 3.63) is 76.0 Å². The van der Waals surface area contributed by atoms with Crippen LogP contribution in [0, 0.1) is 25.2 Å². The number of benzene rings is 2. The molecule has 0 spiro atoms. The zero-order valence-corrected chi connectivity index (χ0v) is 14.3. The van der Waals surface area contributed by atoms with E-state index in [9.17, 15) is 10.1 Å². The van der Waals surface area contributed by atoms with Gasteiger partial charge in [-0.3, -0.25) is 4.79 Å². The lowest BCUT2D eigenvalue weighted by atomic mass is 10.1. The summed E-state index contributed by atoms with van der Waals surface area (Å²) in [4.78, 5) is 12.2. The molecule has 24 heavy (non-hydrogen) atoms. The molecule has 0 unspecified atom stereocenters. The van der Waals surface area contributed by atoms with Crippen molar-refractivity contribution in [2.75, 3.05) is 5.32 Å². The lowest BCUT2D eigenvalue weighted by Gasteiger charge is -2.10. The van der Waals surface area contributed by atoms with E-state index in [4.69, 9.17) is 11.6 Å². The number of hydrogen-bond donors (Lipinski definition) is 2. The molecule has 0 aliphatic carbocycles. The molecule has 4 nitrogen and oxygen atoms in total. The van der Waals surface area contributed by atoms with Crippen LogP contribution < -0.4 is 10.6 Å². The van der Waals surface area contributed by atoms with E-state index in [-0.39, 0.29) is 5.57 Å². The second kappa shape index (κ2) is 8.19. The van der Waals surface area contributed by atoms with Crippen LogP contribution in [-0.4, -0.2) is 5.91 Å². The highest BCUT2D eigenvalue weighted by molar-refractivity contribution is 6.30. The standard InChI is InChI=1S/C19H18ClN3O/c1-13-5-3-8-18(14(13)2)23-19(24)16(10-21)12-22-11-15-6-4-7-17(20)9-15/h3-9,12,22H,11H2,1-2H3,(H,23,24)/b16-12-. The third-order valence-electron chi connectivity index (χ3n) is 3.66. The normalized spacial score (nSPS) is 10.8. The summed E-state index contributed by atoms with van der Waals surface area (Å²) in [5.41, 5.74) is 3.74. The van der Waals surface area contributed by atoms with Crippen molar-refractivity contribution < 1.29 is 4.79 Å². The summed E-state index contributed by atoms with van der Waals surface area (Å²) in [7, 11) is 0. The Hall–Kier alpha value is -2.77. The van der Waals surface area contributed by atoms with Crippen LogP contribution in [0.3, 0.4) is 0 Å². The first-order valence-corrected chi connectivity index (χ1v) is 7.84. The minimum Gasteiger partial charge on any atom is -0.386 e. The van der Waals surface area contributed by atoms with Crippen LogP contribution >= 0.6 is 11.6 Å². The highest BCUT2D eigenvalue weighted by atomic mass is 35.5. The fourth-order valence-corrected chi connectivity index (χ4v) is 2.36. The number of nitrogens with zero attached hydrogens (tertiary/aromatic N) is 1. The van der Waals surface area contributed by atoms with Crippen LogP contribution in [0.5, 0.6) is 0 Å². The van der Waals surface area contributed by atoms with Gasteiger partial charge in [-0.25, -0.2) is 0 Å². The average molecular weight is 340 g/mol. The Bertz CT molecular complexity index is 822. The van der Waals surface area contributed by atoms with Gasteiger partial charge < -0.3 is 10.6 Å². The molecule has 0 aliphatic heterocycles. The predicted molar refractivity (Wildman–Crippen MR) is 96.5 cm³/mol. The molecule has 0 heterocycles. The summed E-state index contributed by atoms with van der Waals surface area (Å²) in [6.45, 7) is 4.37. The molecule has 1 amide bonds. The van der Waals surface area contributed by atoms with Gasteiger partial charge in [0.15, 0.2) is 0 Å². The largest absolute Gasteiger partial charge is 0.386 e. The Morgan fingerprint density at radius 2 is 2.00 bits per heavy atom. The summed E-state index contributed by atoms with van der Waals surface area (Å²) in [6.07, 6.45) is 1.42. The molecule has 0 aromatic heterocycles. The third-order valence-corrected chi connectivity index (χ3v) is 3.89. The molecule has 0 radical (unpaired) electrons. The van der Waals surface area contributed by atoms with E-state index in [1.807, 2.05) is 56.3 Å². The van der Waals surface area contributed by atoms with Gasteiger partial charge >= 0.3 is 0 Å². The van der Waals surface area contributed by atoms with Gasteiger partial charge in [-0.2, -0.15) is 5.26 Å². The van der Waals surface area contributed by atoms with Crippen molar-refractivity contribution in [1.82, 2.24) is 5.32 Å². The number of hydrogen-bond acceptors (Lipinski definition) is 3. The predicted octanol–water partition coefficient (Wildman–Crippen LogP) is 4.09. The number of aryl methyl sites for hydroxylation is 1. The van der Waals surface area contributed by atoms with Crippen molar-refractivity contribution in [2.45, 2.75) is 20.4 Å². The molecule has 0 fully saturated rings. The van der Waals surface area contributed by atoms with Crippen molar-refractivity contribution in [3.8, 4) is 6.07 Å². The minimum atomic E-state index is -0.440. The second-order valence-electron chi connectivity index (χ2n) is 5.38. The summed E-state index contributed by atoms with van der Waals surface area (Å²) < 4.78 is 0. The topological polar surface area (TPSA) is 64.9 Å². The van der Waals surface area contributed by atoms with Gasteiger partial charge in [0.1, 0.15) is 11.6 Å². The van der Waals surface area contributed by atoms with E-state index in [1.54, 1.807) is 6.07 Å². The fourth-order valence-electron chi connectivity index (χ4n) is 2.14. The van der Waals surface area contributed by atoms with Crippen LogP contribution in [0.25, 0.3) is 0 Å². The summed E-state index contributed by atoms with van der Waals surface area (Å²) in [5, 5.41) is 15.6.